The van der Waals surface area contributed by atoms with Crippen molar-refractivity contribution in [3.8, 4) is 11.5 Å². The van der Waals surface area contributed by atoms with Crippen LogP contribution in [0.5, 0.6) is 11.5 Å². The number of carbonyl (C=O) groups is 4. The minimum absolute atomic E-state index is 0.0948. The fourth-order valence-electron chi connectivity index (χ4n) is 3.57. The molecule has 0 aliphatic carbocycles. The maximum atomic E-state index is 12.5. The number of esters is 4. The van der Waals surface area contributed by atoms with Crippen molar-refractivity contribution in [3.63, 3.8) is 0 Å². The Labute approximate surface area is 233 Å². The first kappa shape index (κ1) is 34.1. The summed E-state index contributed by atoms with van der Waals surface area (Å²) in [6.45, 7) is 13.2. The Kier molecular flexibility index (Phi) is 15.4. The largest absolute Gasteiger partial charge is 0.461 e. The van der Waals surface area contributed by atoms with Crippen LogP contribution in [0.15, 0.2) is 18.2 Å². The molecule has 1 rings (SSSR count). The minimum atomic E-state index is -1.01. The van der Waals surface area contributed by atoms with E-state index in [-0.39, 0.29) is 61.1 Å². The van der Waals surface area contributed by atoms with E-state index in [1.165, 1.54) is 6.07 Å². The van der Waals surface area contributed by atoms with Crippen molar-refractivity contribution in [3.05, 3.63) is 23.8 Å². The molecule has 2 N–H and O–H groups in total. The van der Waals surface area contributed by atoms with Gasteiger partial charge in [-0.25, -0.2) is 0 Å². The van der Waals surface area contributed by atoms with Crippen molar-refractivity contribution in [2.45, 2.75) is 106 Å². The molecule has 220 valence electrons. The average Bonchev–Trinajstić information content (AvgIpc) is 2.88. The molecule has 9 heteroatoms. The third kappa shape index (κ3) is 13.1. The number of hydrogen-bond acceptors (Lipinski definition) is 9. The van der Waals surface area contributed by atoms with Gasteiger partial charge in [-0.3, -0.25) is 19.2 Å². The number of hydrogen-bond donors (Lipinski definition) is 1. The molecular weight excluding hydrogens is 502 g/mol. The second-order valence-corrected chi connectivity index (χ2v) is 10.5. The van der Waals surface area contributed by atoms with E-state index in [4.69, 9.17) is 24.7 Å². The van der Waals surface area contributed by atoms with Crippen LogP contribution in [-0.4, -0.2) is 42.6 Å². The lowest BCUT2D eigenvalue weighted by Crippen LogP contribution is -2.36. The summed E-state index contributed by atoms with van der Waals surface area (Å²) in [7, 11) is 0. The summed E-state index contributed by atoms with van der Waals surface area (Å²) in [5, 5.41) is 0. The maximum absolute atomic E-state index is 12.5. The van der Waals surface area contributed by atoms with Crippen molar-refractivity contribution >= 4 is 23.9 Å². The van der Waals surface area contributed by atoms with Crippen molar-refractivity contribution in [2.24, 2.45) is 23.5 Å². The van der Waals surface area contributed by atoms with Crippen LogP contribution in [0.1, 0.15) is 92.6 Å². The van der Waals surface area contributed by atoms with Gasteiger partial charge in [0, 0.05) is 12.8 Å². The van der Waals surface area contributed by atoms with Crippen LogP contribution >= 0.6 is 0 Å². The van der Waals surface area contributed by atoms with Gasteiger partial charge in [0.2, 0.25) is 0 Å². The second kappa shape index (κ2) is 17.6. The summed E-state index contributed by atoms with van der Waals surface area (Å²) in [6.07, 6.45) is 3.19. The highest BCUT2D eigenvalue weighted by molar-refractivity contribution is 5.77. The Bertz CT molecular complexity index is 947. The first-order valence-electron chi connectivity index (χ1n) is 14.1. The van der Waals surface area contributed by atoms with Gasteiger partial charge in [0.05, 0.1) is 5.92 Å². The Balaban J connectivity index is 2.88. The van der Waals surface area contributed by atoms with Gasteiger partial charge >= 0.3 is 23.9 Å². The summed E-state index contributed by atoms with van der Waals surface area (Å²) >= 11 is 0. The van der Waals surface area contributed by atoms with Crippen LogP contribution < -0.4 is 15.2 Å². The molecular formula is C30H47NO8. The minimum Gasteiger partial charge on any atom is -0.461 e. The highest BCUT2D eigenvalue weighted by atomic mass is 16.6. The van der Waals surface area contributed by atoms with Crippen molar-refractivity contribution in [1.82, 2.24) is 0 Å². The average molecular weight is 550 g/mol. The van der Waals surface area contributed by atoms with E-state index >= 15 is 0 Å². The molecule has 0 saturated carbocycles. The van der Waals surface area contributed by atoms with E-state index in [1.54, 1.807) is 26.0 Å². The van der Waals surface area contributed by atoms with Crippen LogP contribution in [0.3, 0.4) is 0 Å². The van der Waals surface area contributed by atoms with E-state index in [0.717, 1.165) is 25.7 Å². The lowest BCUT2D eigenvalue weighted by molar-refractivity contribution is -0.161. The summed E-state index contributed by atoms with van der Waals surface area (Å²) in [5.41, 5.74) is 6.67. The number of benzene rings is 1. The monoisotopic (exact) mass is 549 g/mol. The van der Waals surface area contributed by atoms with Gasteiger partial charge in [-0.05, 0) is 49.3 Å². The molecule has 0 amide bonds. The lowest BCUT2D eigenvalue weighted by atomic mass is 10.0. The zero-order chi connectivity index (χ0) is 29.5. The molecule has 1 aromatic carbocycles. The van der Waals surface area contributed by atoms with E-state index in [0.29, 0.717) is 5.56 Å². The zero-order valence-electron chi connectivity index (χ0n) is 24.6. The Morgan fingerprint density at radius 3 is 1.92 bits per heavy atom. The summed E-state index contributed by atoms with van der Waals surface area (Å²) in [5.74, 6) is -1.55. The molecule has 0 aromatic heterocycles. The molecule has 9 nitrogen and oxygen atoms in total. The quantitative estimate of drug-likeness (QED) is 0.207. The van der Waals surface area contributed by atoms with Crippen LogP contribution in [0.2, 0.25) is 0 Å². The molecule has 1 aromatic rings. The standard InChI is InChI=1S/C30H47NO8/c1-8-11-21(6)29(34)37-22(7)18-36-30(35)24(31)16-23-12-13-25(38-27(32)14-19(4)9-2)26(17-23)39-28(33)15-20(5)10-3/h12-13,17,19-22,24H,8-11,14-16,18,31H2,1-7H3/t19?,20?,21?,22-,24-/m0/s1. The molecule has 39 heavy (non-hydrogen) atoms. The third-order valence-electron chi connectivity index (χ3n) is 6.54. The topological polar surface area (TPSA) is 131 Å². The third-order valence-corrected chi connectivity index (χ3v) is 6.54. The summed E-state index contributed by atoms with van der Waals surface area (Å²) in [6, 6.07) is 3.74. The van der Waals surface area contributed by atoms with E-state index in [9.17, 15) is 19.2 Å². The van der Waals surface area contributed by atoms with E-state index in [2.05, 4.69) is 0 Å². The first-order chi connectivity index (χ1) is 18.4. The Morgan fingerprint density at radius 1 is 0.821 bits per heavy atom. The number of nitrogens with two attached hydrogens (primary N) is 1. The lowest BCUT2D eigenvalue weighted by Gasteiger charge is -2.18. The molecule has 0 heterocycles. The molecule has 0 spiro atoms. The molecule has 0 aliphatic heterocycles. The van der Waals surface area contributed by atoms with Crippen LogP contribution in [0.4, 0.5) is 0 Å². The summed E-state index contributed by atoms with van der Waals surface area (Å²) < 4.78 is 21.7. The molecule has 5 atom stereocenters. The van der Waals surface area contributed by atoms with Crippen molar-refractivity contribution in [2.75, 3.05) is 6.61 Å². The van der Waals surface area contributed by atoms with Crippen molar-refractivity contribution < 1.29 is 38.1 Å². The van der Waals surface area contributed by atoms with E-state index in [1.807, 2.05) is 34.6 Å². The van der Waals surface area contributed by atoms with Gasteiger partial charge in [-0.15, -0.1) is 0 Å². The van der Waals surface area contributed by atoms with E-state index < -0.39 is 30.1 Å². The van der Waals surface area contributed by atoms with Crippen LogP contribution in [-0.2, 0) is 35.1 Å². The van der Waals surface area contributed by atoms with Gasteiger partial charge in [-0.2, -0.15) is 0 Å². The SMILES string of the molecule is CCCC(C)C(=O)O[C@@H](C)COC(=O)[C@@H](N)Cc1ccc(OC(=O)CC(C)CC)c(OC(=O)CC(C)CC)c1. The highest BCUT2D eigenvalue weighted by Gasteiger charge is 2.22. The predicted octanol–water partition coefficient (Wildman–Crippen LogP) is 5.15. The van der Waals surface area contributed by atoms with Crippen LogP contribution in [0.25, 0.3) is 0 Å². The molecule has 0 radical (unpaired) electrons. The number of carbonyl (C=O) groups excluding carboxylic acids is 4. The molecule has 0 fully saturated rings. The number of rotatable bonds is 17. The van der Waals surface area contributed by atoms with Crippen LogP contribution in [0, 0.1) is 17.8 Å². The summed E-state index contributed by atoms with van der Waals surface area (Å²) in [4.78, 5) is 49.4. The highest BCUT2D eigenvalue weighted by Crippen LogP contribution is 2.30. The molecule has 0 aliphatic rings. The molecule has 3 unspecified atom stereocenters. The fourth-order valence-corrected chi connectivity index (χ4v) is 3.57. The van der Waals surface area contributed by atoms with Gasteiger partial charge < -0.3 is 24.7 Å². The molecule has 0 bridgehead atoms. The maximum Gasteiger partial charge on any atom is 0.323 e. The van der Waals surface area contributed by atoms with Gasteiger partial charge in [0.1, 0.15) is 18.8 Å². The van der Waals surface area contributed by atoms with Gasteiger partial charge in [0.15, 0.2) is 11.5 Å². The Hall–Kier alpha value is -2.94. The van der Waals surface area contributed by atoms with Gasteiger partial charge in [-0.1, -0.05) is 66.9 Å². The predicted molar refractivity (Wildman–Crippen MR) is 148 cm³/mol. The molecule has 0 saturated heterocycles. The smallest absolute Gasteiger partial charge is 0.323 e. The van der Waals surface area contributed by atoms with Crippen molar-refractivity contribution in [1.29, 1.82) is 0 Å². The zero-order valence-corrected chi connectivity index (χ0v) is 24.6. The first-order valence-corrected chi connectivity index (χ1v) is 14.1. The fraction of sp³-hybridized carbons (Fsp3) is 0.667. The number of ether oxygens (including phenoxy) is 4. The Morgan fingerprint density at radius 2 is 1.38 bits per heavy atom. The second-order valence-electron chi connectivity index (χ2n) is 10.5. The van der Waals surface area contributed by atoms with Gasteiger partial charge in [0.25, 0.3) is 0 Å². The normalized spacial score (nSPS) is 14.9.